The van der Waals surface area contributed by atoms with Crippen LogP contribution in [-0.2, 0) is 6.54 Å². The van der Waals surface area contributed by atoms with Crippen molar-refractivity contribution in [2.24, 2.45) is 0 Å². The van der Waals surface area contributed by atoms with Gasteiger partial charge in [0.2, 0.25) is 0 Å². The Morgan fingerprint density at radius 3 is 2.93 bits per heavy atom. The molecule has 15 heavy (non-hydrogen) atoms. The smallest absolute Gasteiger partial charge is 0.271 e. The molecule has 80 valence electrons. The lowest BCUT2D eigenvalue weighted by Crippen LogP contribution is -2.30. The Labute approximate surface area is 87.1 Å². The van der Waals surface area contributed by atoms with Gasteiger partial charge in [-0.3, -0.25) is 9.59 Å². The molecule has 0 radical (unpaired) electrons. The largest absolute Gasteiger partial charge is 0.348 e. The molecule has 1 aliphatic rings. The molecule has 1 fully saturated rings. The van der Waals surface area contributed by atoms with Crippen LogP contribution in [0.1, 0.15) is 30.3 Å². The van der Waals surface area contributed by atoms with Gasteiger partial charge < -0.3 is 5.32 Å². The minimum atomic E-state index is -0.195. The highest BCUT2D eigenvalue weighted by Gasteiger charge is 2.24. The lowest BCUT2D eigenvalue weighted by molar-refractivity contribution is 0.0943. The van der Waals surface area contributed by atoms with E-state index in [4.69, 9.17) is 0 Å². The van der Waals surface area contributed by atoms with E-state index in [1.807, 2.05) is 6.92 Å². The molecule has 1 N–H and O–H groups in total. The molecule has 0 atom stereocenters. The zero-order valence-electron chi connectivity index (χ0n) is 8.56. The van der Waals surface area contributed by atoms with Crippen LogP contribution in [0.15, 0.2) is 16.9 Å². The fraction of sp³-hybridized carbons (Fsp3) is 0.500. The van der Waals surface area contributed by atoms with Crippen LogP contribution in [0.2, 0.25) is 0 Å². The summed E-state index contributed by atoms with van der Waals surface area (Å²) in [6, 6.07) is 3.14. The van der Waals surface area contributed by atoms with E-state index in [0.29, 0.717) is 18.3 Å². The van der Waals surface area contributed by atoms with Crippen molar-refractivity contribution in [3.63, 3.8) is 0 Å². The number of carbonyl (C=O) groups excluding carboxylic acids is 1. The monoisotopic (exact) mass is 207 g/mol. The van der Waals surface area contributed by atoms with Crippen LogP contribution in [0.3, 0.4) is 0 Å². The maximum atomic E-state index is 11.6. The molecule has 0 aliphatic heterocycles. The Bertz CT molecular complexity index is 435. The van der Waals surface area contributed by atoms with Gasteiger partial charge in [-0.05, 0) is 25.8 Å². The molecule has 5 nitrogen and oxygen atoms in total. The Morgan fingerprint density at radius 1 is 1.60 bits per heavy atom. The molecule has 1 amide bonds. The molecular formula is C10H13N3O2. The predicted octanol–water partition coefficient (Wildman–Crippen LogP) is 0.155. The number of nitrogens with zero attached hydrogens (tertiary/aromatic N) is 2. The van der Waals surface area contributed by atoms with Crippen LogP contribution < -0.4 is 10.9 Å². The molecule has 0 saturated heterocycles. The van der Waals surface area contributed by atoms with Crippen molar-refractivity contribution >= 4 is 5.91 Å². The SMILES string of the molecule is CCn1nc(C(=O)NC2CC2)ccc1=O. The fourth-order valence-corrected chi connectivity index (χ4v) is 1.28. The van der Waals surface area contributed by atoms with Crippen molar-refractivity contribution in [2.75, 3.05) is 0 Å². The third kappa shape index (κ3) is 2.23. The lowest BCUT2D eigenvalue weighted by Gasteiger charge is -2.04. The summed E-state index contributed by atoms with van der Waals surface area (Å²) in [5, 5.41) is 6.79. The summed E-state index contributed by atoms with van der Waals surface area (Å²) in [6.45, 7) is 2.29. The van der Waals surface area contributed by atoms with Gasteiger partial charge in [0.1, 0.15) is 5.69 Å². The van der Waals surface area contributed by atoms with E-state index in [0.717, 1.165) is 12.8 Å². The number of nitrogens with one attached hydrogen (secondary N) is 1. The molecule has 1 aromatic heterocycles. The standard InChI is InChI=1S/C10H13N3O2/c1-2-13-9(14)6-5-8(12-13)10(15)11-7-3-4-7/h5-7H,2-4H2,1H3,(H,11,15). The quantitative estimate of drug-likeness (QED) is 0.767. The van der Waals surface area contributed by atoms with Crippen LogP contribution in [0.4, 0.5) is 0 Å². The number of carbonyl (C=O) groups is 1. The van der Waals surface area contributed by atoms with Crippen molar-refractivity contribution in [1.82, 2.24) is 15.1 Å². The van der Waals surface area contributed by atoms with Gasteiger partial charge in [-0.15, -0.1) is 0 Å². The highest BCUT2D eigenvalue weighted by Crippen LogP contribution is 2.18. The number of hydrogen-bond donors (Lipinski definition) is 1. The Hall–Kier alpha value is -1.65. The van der Waals surface area contributed by atoms with Crippen LogP contribution in [-0.4, -0.2) is 21.7 Å². The van der Waals surface area contributed by atoms with Crippen molar-refractivity contribution in [3.05, 3.63) is 28.2 Å². The first-order chi connectivity index (χ1) is 7.20. The topological polar surface area (TPSA) is 64.0 Å². The first kappa shape index (κ1) is 9.89. The molecule has 0 unspecified atom stereocenters. The highest BCUT2D eigenvalue weighted by molar-refractivity contribution is 5.92. The van der Waals surface area contributed by atoms with E-state index in [9.17, 15) is 9.59 Å². The fourth-order valence-electron chi connectivity index (χ4n) is 1.28. The zero-order valence-corrected chi connectivity index (χ0v) is 8.56. The second-order valence-corrected chi connectivity index (χ2v) is 3.62. The van der Waals surface area contributed by atoms with E-state index in [1.165, 1.54) is 16.8 Å². The van der Waals surface area contributed by atoms with Gasteiger partial charge in [0.05, 0.1) is 0 Å². The van der Waals surface area contributed by atoms with Gasteiger partial charge in [-0.2, -0.15) is 5.10 Å². The second kappa shape index (κ2) is 3.84. The average molecular weight is 207 g/mol. The van der Waals surface area contributed by atoms with E-state index in [1.54, 1.807) is 0 Å². The molecular weight excluding hydrogens is 194 g/mol. The number of aromatic nitrogens is 2. The van der Waals surface area contributed by atoms with Gasteiger partial charge in [-0.1, -0.05) is 0 Å². The third-order valence-electron chi connectivity index (χ3n) is 2.31. The summed E-state index contributed by atoms with van der Waals surface area (Å²) in [6.07, 6.45) is 2.08. The molecule has 1 saturated carbocycles. The normalized spacial score (nSPS) is 15.0. The maximum Gasteiger partial charge on any atom is 0.271 e. The van der Waals surface area contributed by atoms with Gasteiger partial charge in [0.15, 0.2) is 0 Å². The summed E-state index contributed by atoms with van der Waals surface area (Å²) in [4.78, 5) is 22.8. The van der Waals surface area contributed by atoms with E-state index >= 15 is 0 Å². The minimum absolute atomic E-state index is 0.180. The molecule has 0 aromatic carbocycles. The number of aryl methyl sites for hydroxylation is 1. The molecule has 1 aliphatic carbocycles. The molecule has 1 aromatic rings. The lowest BCUT2D eigenvalue weighted by atomic mass is 10.3. The zero-order chi connectivity index (χ0) is 10.8. The van der Waals surface area contributed by atoms with Crippen molar-refractivity contribution < 1.29 is 4.79 Å². The van der Waals surface area contributed by atoms with Gasteiger partial charge in [-0.25, -0.2) is 4.68 Å². The Morgan fingerprint density at radius 2 is 2.33 bits per heavy atom. The minimum Gasteiger partial charge on any atom is -0.348 e. The number of hydrogen-bond acceptors (Lipinski definition) is 3. The molecule has 0 bridgehead atoms. The second-order valence-electron chi connectivity index (χ2n) is 3.62. The number of amides is 1. The molecule has 1 heterocycles. The molecule has 5 heteroatoms. The number of rotatable bonds is 3. The van der Waals surface area contributed by atoms with Gasteiger partial charge in [0, 0.05) is 18.7 Å². The van der Waals surface area contributed by atoms with Crippen LogP contribution in [0.5, 0.6) is 0 Å². The predicted molar refractivity (Wildman–Crippen MR) is 54.7 cm³/mol. The molecule has 2 rings (SSSR count). The maximum absolute atomic E-state index is 11.6. The van der Waals surface area contributed by atoms with Crippen LogP contribution in [0.25, 0.3) is 0 Å². The van der Waals surface area contributed by atoms with Gasteiger partial charge >= 0.3 is 0 Å². The summed E-state index contributed by atoms with van der Waals surface area (Å²) in [5.74, 6) is -0.195. The van der Waals surface area contributed by atoms with E-state index in [2.05, 4.69) is 10.4 Å². The summed E-state index contributed by atoms with van der Waals surface area (Å²) in [7, 11) is 0. The van der Waals surface area contributed by atoms with Crippen LogP contribution in [0, 0.1) is 0 Å². The molecule has 0 spiro atoms. The van der Waals surface area contributed by atoms with Crippen molar-refractivity contribution in [2.45, 2.75) is 32.4 Å². The van der Waals surface area contributed by atoms with E-state index in [-0.39, 0.29) is 11.5 Å². The third-order valence-corrected chi connectivity index (χ3v) is 2.31. The highest BCUT2D eigenvalue weighted by atomic mass is 16.2. The summed E-state index contributed by atoms with van der Waals surface area (Å²) >= 11 is 0. The Kier molecular flexibility index (Phi) is 2.53. The van der Waals surface area contributed by atoms with Crippen molar-refractivity contribution in [1.29, 1.82) is 0 Å². The van der Waals surface area contributed by atoms with Crippen molar-refractivity contribution in [3.8, 4) is 0 Å². The Balaban J connectivity index is 2.19. The first-order valence-electron chi connectivity index (χ1n) is 5.09. The summed E-state index contributed by atoms with van der Waals surface area (Å²) < 4.78 is 1.28. The van der Waals surface area contributed by atoms with Crippen LogP contribution >= 0.6 is 0 Å². The first-order valence-corrected chi connectivity index (χ1v) is 5.09. The summed E-state index contributed by atoms with van der Waals surface area (Å²) in [5.41, 5.74) is 0.129. The van der Waals surface area contributed by atoms with E-state index < -0.39 is 0 Å². The van der Waals surface area contributed by atoms with Gasteiger partial charge in [0.25, 0.3) is 11.5 Å². The average Bonchev–Trinajstić information content (AvgIpc) is 3.02.